The highest BCUT2D eigenvalue weighted by Crippen LogP contribution is 1.96. The fraction of sp³-hybridized carbons (Fsp3) is 0.250. The van der Waals surface area contributed by atoms with Crippen molar-refractivity contribution in [3.8, 4) is 0 Å². The molecule has 0 aromatic rings. The van der Waals surface area contributed by atoms with E-state index in [0.29, 0.717) is 0 Å². The molecule has 0 radical (unpaired) electrons. The van der Waals surface area contributed by atoms with Gasteiger partial charge in [-0.1, -0.05) is 25.7 Å². The topological polar surface area (TPSA) is 43.1 Å². The van der Waals surface area contributed by atoms with Crippen molar-refractivity contribution in [2.45, 2.75) is 13.3 Å². The molecule has 0 aromatic heterocycles. The Hall–Kier alpha value is -1.38. The molecule has 0 rings (SSSR count). The molecule has 0 aromatic carbocycles. The number of nitro groups is 1. The zero-order chi connectivity index (χ0) is 8.69. The Bertz CT molecular complexity index is 204. The summed E-state index contributed by atoms with van der Waals surface area (Å²) in [4.78, 5) is 9.69. The van der Waals surface area contributed by atoms with Gasteiger partial charge < -0.3 is 0 Å². The van der Waals surface area contributed by atoms with Crippen LogP contribution in [-0.4, -0.2) is 4.92 Å². The van der Waals surface area contributed by atoms with E-state index in [1.54, 1.807) is 6.08 Å². The Morgan fingerprint density at radius 3 is 2.73 bits per heavy atom. The average Bonchev–Trinajstić information content (AvgIpc) is 1.97. The molecule has 60 valence electrons. The fourth-order valence-corrected chi connectivity index (χ4v) is 0.506. The van der Waals surface area contributed by atoms with Crippen LogP contribution in [0.1, 0.15) is 13.3 Å². The van der Waals surface area contributed by atoms with Crippen LogP contribution in [0.15, 0.2) is 36.6 Å². The third-order valence-corrected chi connectivity index (χ3v) is 1.06. The average molecular weight is 153 g/mol. The molecule has 0 bridgehead atoms. The van der Waals surface area contributed by atoms with Crippen LogP contribution in [0.4, 0.5) is 0 Å². The maximum absolute atomic E-state index is 10.2. The minimum atomic E-state index is -0.465. The van der Waals surface area contributed by atoms with Gasteiger partial charge in [0.05, 0.1) is 4.92 Å². The standard InChI is InChI=1S/C8H11NO2/c1-3-5-6-7-8(4-2)9(10)11/h4-7H,2-3H2,1H3/b6-5-,8-7+. The van der Waals surface area contributed by atoms with Crippen LogP contribution in [0.2, 0.25) is 0 Å². The molecule has 0 heterocycles. The van der Waals surface area contributed by atoms with Crippen molar-refractivity contribution in [3.63, 3.8) is 0 Å². The van der Waals surface area contributed by atoms with Gasteiger partial charge in [-0.2, -0.15) is 0 Å². The molecule has 0 aliphatic rings. The number of nitrogens with zero attached hydrogens (tertiary/aromatic N) is 1. The second kappa shape index (κ2) is 5.41. The first-order valence-corrected chi connectivity index (χ1v) is 3.36. The summed E-state index contributed by atoms with van der Waals surface area (Å²) in [6.45, 7) is 5.28. The van der Waals surface area contributed by atoms with Crippen LogP contribution in [0.3, 0.4) is 0 Å². The van der Waals surface area contributed by atoms with Crippen molar-refractivity contribution in [3.05, 3.63) is 46.7 Å². The van der Waals surface area contributed by atoms with Gasteiger partial charge in [-0.15, -0.1) is 0 Å². The van der Waals surface area contributed by atoms with E-state index in [9.17, 15) is 10.1 Å². The fourth-order valence-electron chi connectivity index (χ4n) is 0.506. The molecular weight excluding hydrogens is 142 g/mol. The van der Waals surface area contributed by atoms with E-state index in [0.717, 1.165) is 6.42 Å². The number of hydrogen-bond acceptors (Lipinski definition) is 2. The summed E-state index contributed by atoms with van der Waals surface area (Å²) in [7, 11) is 0. The first-order valence-electron chi connectivity index (χ1n) is 3.36. The Morgan fingerprint density at radius 1 is 1.73 bits per heavy atom. The number of allylic oxidation sites excluding steroid dienone is 4. The molecule has 0 aliphatic carbocycles. The number of rotatable bonds is 4. The number of hydrogen-bond donors (Lipinski definition) is 0. The van der Waals surface area contributed by atoms with Crippen molar-refractivity contribution in [2.75, 3.05) is 0 Å². The molecule has 3 heteroatoms. The summed E-state index contributed by atoms with van der Waals surface area (Å²) in [5, 5.41) is 10.2. The quantitative estimate of drug-likeness (QED) is 0.353. The summed E-state index contributed by atoms with van der Waals surface area (Å²) >= 11 is 0. The third-order valence-electron chi connectivity index (χ3n) is 1.06. The van der Waals surface area contributed by atoms with Gasteiger partial charge in [0, 0.05) is 12.2 Å². The van der Waals surface area contributed by atoms with Crippen molar-refractivity contribution in [1.82, 2.24) is 0 Å². The predicted octanol–water partition coefficient (Wildman–Crippen LogP) is 2.30. The van der Waals surface area contributed by atoms with Crippen molar-refractivity contribution < 1.29 is 4.92 Å². The first kappa shape index (κ1) is 9.62. The van der Waals surface area contributed by atoms with E-state index in [4.69, 9.17) is 0 Å². The monoisotopic (exact) mass is 153 g/mol. The van der Waals surface area contributed by atoms with E-state index in [1.165, 1.54) is 12.2 Å². The second-order valence-corrected chi connectivity index (χ2v) is 1.89. The molecule has 0 saturated heterocycles. The predicted molar refractivity (Wildman–Crippen MR) is 44.7 cm³/mol. The van der Waals surface area contributed by atoms with E-state index >= 15 is 0 Å². The second-order valence-electron chi connectivity index (χ2n) is 1.89. The molecule has 0 amide bonds. The van der Waals surface area contributed by atoms with E-state index in [-0.39, 0.29) is 5.70 Å². The molecule has 0 fully saturated rings. The lowest BCUT2D eigenvalue weighted by molar-refractivity contribution is -0.418. The maximum atomic E-state index is 10.2. The normalized spacial score (nSPS) is 11.9. The van der Waals surface area contributed by atoms with Crippen LogP contribution < -0.4 is 0 Å². The molecular formula is C8H11NO2. The van der Waals surface area contributed by atoms with Crippen molar-refractivity contribution in [2.24, 2.45) is 0 Å². The SMILES string of the molecule is C=C/C(=C\C=C/CC)[N+](=O)[O-]. The Balaban J connectivity index is 4.24. The summed E-state index contributed by atoms with van der Waals surface area (Å²) < 4.78 is 0. The van der Waals surface area contributed by atoms with Crippen molar-refractivity contribution in [1.29, 1.82) is 0 Å². The Morgan fingerprint density at radius 2 is 2.36 bits per heavy atom. The van der Waals surface area contributed by atoms with Gasteiger partial charge in [-0.25, -0.2) is 0 Å². The highest BCUT2D eigenvalue weighted by Gasteiger charge is 2.00. The molecule has 0 unspecified atom stereocenters. The largest absolute Gasteiger partial charge is 0.268 e. The highest BCUT2D eigenvalue weighted by molar-refractivity contribution is 5.15. The van der Waals surface area contributed by atoms with Crippen LogP contribution in [0.25, 0.3) is 0 Å². The smallest absolute Gasteiger partial charge is 0.258 e. The Kier molecular flexibility index (Phi) is 4.73. The zero-order valence-corrected chi connectivity index (χ0v) is 6.49. The van der Waals surface area contributed by atoms with Crippen LogP contribution in [-0.2, 0) is 0 Å². The minimum Gasteiger partial charge on any atom is -0.258 e. The van der Waals surface area contributed by atoms with Gasteiger partial charge in [0.2, 0.25) is 0 Å². The molecule has 0 saturated carbocycles. The van der Waals surface area contributed by atoms with Crippen molar-refractivity contribution >= 4 is 0 Å². The third kappa shape index (κ3) is 4.08. The Labute approximate surface area is 65.9 Å². The molecule has 0 atom stereocenters. The van der Waals surface area contributed by atoms with E-state index in [2.05, 4.69) is 6.58 Å². The van der Waals surface area contributed by atoms with Crippen LogP contribution in [0, 0.1) is 10.1 Å². The molecule has 0 aliphatic heterocycles. The molecule has 11 heavy (non-hydrogen) atoms. The highest BCUT2D eigenvalue weighted by atomic mass is 16.6. The van der Waals surface area contributed by atoms with Gasteiger partial charge in [-0.05, 0) is 6.42 Å². The maximum Gasteiger partial charge on any atom is 0.268 e. The summed E-state index contributed by atoms with van der Waals surface area (Å²) in [5.41, 5.74) is 0.0229. The van der Waals surface area contributed by atoms with Gasteiger partial charge in [0.15, 0.2) is 0 Å². The van der Waals surface area contributed by atoms with E-state index in [1.807, 2.05) is 13.0 Å². The molecule has 3 nitrogen and oxygen atoms in total. The molecule has 0 N–H and O–H groups in total. The minimum absolute atomic E-state index is 0.0229. The molecule has 0 spiro atoms. The van der Waals surface area contributed by atoms with Crippen LogP contribution >= 0.6 is 0 Å². The summed E-state index contributed by atoms with van der Waals surface area (Å²) in [5.74, 6) is 0. The summed E-state index contributed by atoms with van der Waals surface area (Å²) in [6, 6.07) is 0. The first-order chi connectivity index (χ1) is 5.22. The van der Waals surface area contributed by atoms with Gasteiger partial charge in [0.1, 0.15) is 0 Å². The zero-order valence-electron chi connectivity index (χ0n) is 6.49. The van der Waals surface area contributed by atoms with E-state index < -0.39 is 4.92 Å². The van der Waals surface area contributed by atoms with Crippen LogP contribution in [0.5, 0.6) is 0 Å². The van der Waals surface area contributed by atoms with Gasteiger partial charge in [0.25, 0.3) is 5.70 Å². The van der Waals surface area contributed by atoms with Gasteiger partial charge in [-0.3, -0.25) is 10.1 Å². The lowest BCUT2D eigenvalue weighted by Crippen LogP contribution is -1.93. The lowest BCUT2D eigenvalue weighted by atomic mass is 10.3. The lowest BCUT2D eigenvalue weighted by Gasteiger charge is -1.85. The summed E-state index contributed by atoms with van der Waals surface area (Å²) in [6.07, 6.45) is 7.02. The van der Waals surface area contributed by atoms with Gasteiger partial charge >= 0.3 is 0 Å².